The molecule has 0 unspecified atom stereocenters. The Morgan fingerprint density at radius 3 is 2.94 bits per heavy atom. The van der Waals surface area contributed by atoms with Crippen molar-refractivity contribution >= 4 is 11.2 Å². The third kappa shape index (κ3) is 1.21. The van der Waals surface area contributed by atoms with Crippen LogP contribution >= 0.6 is 0 Å². The van der Waals surface area contributed by atoms with E-state index in [1.54, 1.807) is 35.8 Å². The molecule has 0 fully saturated rings. The van der Waals surface area contributed by atoms with Crippen molar-refractivity contribution in [1.29, 1.82) is 0 Å². The van der Waals surface area contributed by atoms with E-state index in [1.807, 2.05) is 16.7 Å². The Hall–Kier alpha value is -2.83. The van der Waals surface area contributed by atoms with Crippen molar-refractivity contribution in [1.82, 2.24) is 34.2 Å². The number of nitrogens with zero attached hydrogens (tertiary/aromatic N) is 7. The molecule has 0 aromatic carbocycles. The summed E-state index contributed by atoms with van der Waals surface area (Å²) in [4.78, 5) is 8.09. The van der Waals surface area contributed by atoms with Gasteiger partial charge in [0.2, 0.25) is 0 Å². The number of aromatic nitrogens is 7. The molecule has 0 spiro atoms. The second kappa shape index (κ2) is 3.33. The molecule has 0 saturated carbocycles. The predicted octanol–water partition coefficient (Wildman–Crippen LogP) is 0.834. The predicted molar refractivity (Wildman–Crippen MR) is 62.8 cm³/mol. The van der Waals surface area contributed by atoms with E-state index in [2.05, 4.69) is 25.3 Å². The van der Waals surface area contributed by atoms with Gasteiger partial charge in [0, 0.05) is 18.0 Å². The molecule has 0 bridgehead atoms. The molecule has 0 saturated heterocycles. The van der Waals surface area contributed by atoms with Gasteiger partial charge in [-0.15, -0.1) is 10.2 Å². The first-order valence-corrected chi connectivity index (χ1v) is 5.35. The lowest BCUT2D eigenvalue weighted by Crippen LogP contribution is -1.96. The second-order valence-corrected chi connectivity index (χ2v) is 3.84. The van der Waals surface area contributed by atoms with E-state index < -0.39 is 0 Å². The molecule has 0 radical (unpaired) electrons. The Morgan fingerprint density at radius 1 is 1.00 bits per heavy atom. The summed E-state index contributed by atoms with van der Waals surface area (Å²) in [5.74, 6) is 0. The average Bonchev–Trinajstić information content (AvgIpc) is 3.05. The van der Waals surface area contributed by atoms with Crippen LogP contribution in [-0.4, -0.2) is 34.2 Å². The summed E-state index contributed by atoms with van der Waals surface area (Å²) < 4.78 is 3.53. The summed E-state index contributed by atoms with van der Waals surface area (Å²) in [5.41, 5.74) is 3.31. The van der Waals surface area contributed by atoms with Crippen LogP contribution < -0.4 is 0 Å². The summed E-state index contributed by atoms with van der Waals surface area (Å²) in [5, 5.41) is 12.5. The molecule has 4 heterocycles. The Kier molecular flexibility index (Phi) is 1.71. The first-order chi connectivity index (χ1) is 8.92. The van der Waals surface area contributed by atoms with Gasteiger partial charge in [-0.1, -0.05) is 0 Å². The van der Waals surface area contributed by atoms with Crippen LogP contribution in [-0.2, 0) is 0 Å². The third-order valence-corrected chi connectivity index (χ3v) is 2.77. The van der Waals surface area contributed by atoms with Crippen LogP contribution in [0.1, 0.15) is 0 Å². The van der Waals surface area contributed by atoms with Crippen molar-refractivity contribution in [3.8, 4) is 11.3 Å². The largest absolute Gasteiger partial charge is 0.287 e. The molecule has 0 N–H and O–H groups in total. The smallest absolute Gasteiger partial charge is 0.179 e. The zero-order valence-electron chi connectivity index (χ0n) is 9.17. The normalized spacial score (nSPS) is 11.3. The molecular formula is C11H7N7. The van der Waals surface area contributed by atoms with E-state index >= 15 is 0 Å². The minimum atomic E-state index is 0.720. The molecule has 4 aromatic heterocycles. The molecule has 0 aliphatic heterocycles. The molecule has 0 amide bonds. The van der Waals surface area contributed by atoms with E-state index in [0.29, 0.717) is 0 Å². The quantitative estimate of drug-likeness (QED) is 0.490. The van der Waals surface area contributed by atoms with Gasteiger partial charge in [-0.3, -0.25) is 4.40 Å². The molecule has 0 aliphatic rings. The van der Waals surface area contributed by atoms with Gasteiger partial charge in [0.15, 0.2) is 5.65 Å². The minimum absolute atomic E-state index is 0.720. The van der Waals surface area contributed by atoms with Gasteiger partial charge < -0.3 is 0 Å². The monoisotopic (exact) mass is 237 g/mol. The van der Waals surface area contributed by atoms with Crippen molar-refractivity contribution in [2.75, 3.05) is 0 Å². The summed E-state index contributed by atoms with van der Waals surface area (Å²) in [6, 6.07) is 1.89. The molecule has 0 atom stereocenters. The standard InChI is InChI=1S/C11H7N7/c1-2-14-18-7-12-3-10(18)8(1)9-5-17-6-13-4-11(17)16-15-9/h1-7H. The van der Waals surface area contributed by atoms with E-state index in [-0.39, 0.29) is 0 Å². The maximum Gasteiger partial charge on any atom is 0.179 e. The molecule has 4 rings (SSSR count). The Balaban J connectivity index is 2.03. The van der Waals surface area contributed by atoms with E-state index in [0.717, 1.165) is 22.4 Å². The maximum absolute atomic E-state index is 4.20. The van der Waals surface area contributed by atoms with E-state index in [9.17, 15) is 0 Å². The van der Waals surface area contributed by atoms with Crippen LogP contribution in [0, 0.1) is 0 Å². The first kappa shape index (κ1) is 9.23. The van der Waals surface area contributed by atoms with Crippen LogP contribution in [0.25, 0.3) is 22.4 Å². The van der Waals surface area contributed by atoms with Crippen molar-refractivity contribution in [3.05, 3.63) is 43.5 Å². The Morgan fingerprint density at radius 2 is 1.94 bits per heavy atom. The van der Waals surface area contributed by atoms with Crippen LogP contribution in [0.15, 0.2) is 43.5 Å². The van der Waals surface area contributed by atoms with Crippen LogP contribution in [0.5, 0.6) is 0 Å². The van der Waals surface area contributed by atoms with Crippen molar-refractivity contribution < 1.29 is 0 Å². The fourth-order valence-electron chi connectivity index (χ4n) is 1.92. The van der Waals surface area contributed by atoms with Crippen LogP contribution in [0.2, 0.25) is 0 Å². The number of fused-ring (bicyclic) bond motifs is 2. The first-order valence-electron chi connectivity index (χ1n) is 5.35. The fraction of sp³-hybridized carbons (Fsp3) is 0. The van der Waals surface area contributed by atoms with Gasteiger partial charge in [-0.05, 0) is 6.07 Å². The topological polar surface area (TPSA) is 73.3 Å². The highest BCUT2D eigenvalue weighted by Crippen LogP contribution is 2.20. The Labute approximate surface area is 101 Å². The zero-order chi connectivity index (χ0) is 11.9. The number of rotatable bonds is 1. The molecule has 7 heteroatoms. The lowest BCUT2D eigenvalue weighted by atomic mass is 10.2. The number of hydrogen-bond donors (Lipinski definition) is 0. The van der Waals surface area contributed by atoms with Gasteiger partial charge >= 0.3 is 0 Å². The number of hydrogen-bond acceptors (Lipinski definition) is 5. The lowest BCUT2D eigenvalue weighted by Gasteiger charge is -2.02. The minimum Gasteiger partial charge on any atom is -0.287 e. The van der Waals surface area contributed by atoms with E-state index in [4.69, 9.17) is 0 Å². The molecule has 0 aliphatic carbocycles. The molecule has 7 nitrogen and oxygen atoms in total. The van der Waals surface area contributed by atoms with Crippen molar-refractivity contribution in [3.63, 3.8) is 0 Å². The highest BCUT2D eigenvalue weighted by molar-refractivity contribution is 5.76. The van der Waals surface area contributed by atoms with Crippen molar-refractivity contribution in [2.24, 2.45) is 0 Å². The van der Waals surface area contributed by atoms with Crippen LogP contribution in [0.4, 0.5) is 0 Å². The highest BCUT2D eigenvalue weighted by atomic mass is 15.2. The van der Waals surface area contributed by atoms with Gasteiger partial charge in [-0.25, -0.2) is 14.5 Å². The molecule has 4 aromatic rings. The Bertz CT molecular complexity index is 844. The second-order valence-electron chi connectivity index (χ2n) is 3.84. The fourth-order valence-corrected chi connectivity index (χ4v) is 1.92. The third-order valence-electron chi connectivity index (χ3n) is 2.77. The summed E-state index contributed by atoms with van der Waals surface area (Å²) >= 11 is 0. The van der Waals surface area contributed by atoms with Crippen molar-refractivity contribution in [2.45, 2.75) is 0 Å². The van der Waals surface area contributed by atoms with Gasteiger partial charge in [0.05, 0.1) is 17.9 Å². The summed E-state index contributed by atoms with van der Waals surface area (Å²) in [6.07, 6.45) is 10.4. The zero-order valence-corrected chi connectivity index (χ0v) is 9.17. The van der Waals surface area contributed by atoms with Gasteiger partial charge in [0.25, 0.3) is 0 Å². The lowest BCUT2D eigenvalue weighted by molar-refractivity contribution is 0.922. The summed E-state index contributed by atoms with van der Waals surface area (Å²) in [6.45, 7) is 0. The SMILES string of the molecule is c1cc(-c2cn3cncc3nn2)c2cncn2n1. The number of imidazole rings is 2. The molecular weight excluding hydrogens is 230 g/mol. The van der Waals surface area contributed by atoms with E-state index in [1.165, 1.54) is 0 Å². The molecule has 18 heavy (non-hydrogen) atoms. The average molecular weight is 237 g/mol. The molecule has 86 valence electrons. The van der Waals surface area contributed by atoms with Crippen LogP contribution in [0.3, 0.4) is 0 Å². The highest BCUT2D eigenvalue weighted by Gasteiger charge is 2.08. The van der Waals surface area contributed by atoms with Gasteiger partial charge in [0.1, 0.15) is 18.3 Å². The maximum atomic E-state index is 4.20. The summed E-state index contributed by atoms with van der Waals surface area (Å²) in [7, 11) is 0. The van der Waals surface area contributed by atoms with Gasteiger partial charge in [-0.2, -0.15) is 5.10 Å².